The molecular formula is C12H15ClFN. The Labute approximate surface area is 94.6 Å². The van der Waals surface area contributed by atoms with Gasteiger partial charge in [-0.2, -0.15) is 0 Å². The van der Waals surface area contributed by atoms with Crippen molar-refractivity contribution in [2.45, 2.75) is 26.2 Å². The predicted molar refractivity (Wildman–Crippen MR) is 62.0 cm³/mol. The van der Waals surface area contributed by atoms with Gasteiger partial charge in [-0.25, -0.2) is 4.39 Å². The third-order valence-electron chi connectivity index (χ3n) is 2.93. The fourth-order valence-electron chi connectivity index (χ4n) is 2.17. The summed E-state index contributed by atoms with van der Waals surface area (Å²) >= 11 is 5.77. The van der Waals surface area contributed by atoms with Crippen LogP contribution in [0.3, 0.4) is 0 Å². The molecule has 0 bridgehead atoms. The van der Waals surface area contributed by atoms with E-state index in [9.17, 15) is 4.39 Å². The molecule has 1 atom stereocenters. The second-order valence-electron chi connectivity index (χ2n) is 4.16. The molecular weight excluding hydrogens is 213 g/mol. The lowest BCUT2D eigenvalue weighted by Gasteiger charge is -2.26. The molecule has 0 aromatic heterocycles. The van der Waals surface area contributed by atoms with E-state index in [2.05, 4.69) is 12.2 Å². The van der Waals surface area contributed by atoms with E-state index < -0.39 is 0 Å². The van der Waals surface area contributed by atoms with Gasteiger partial charge in [-0.05, 0) is 36.5 Å². The van der Waals surface area contributed by atoms with Crippen LogP contribution in [0.2, 0.25) is 5.02 Å². The first-order valence-electron chi connectivity index (χ1n) is 5.42. The molecule has 0 spiro atoms. The summed E-state index contributed by atoms with van der Waals surface area (Å²) in [5, 5.41) is 3.50. The maximum Gasteiger partial charge on any atom is 0.143 e. The largest absolute Gasteiger partial charge is 0.384 e. The molecule has 1 N–H and O–H groups in total. The highest BCUT2D eigenvalue weighted by molar-refractivity contribution is 6.30. The zero-order chi connectivity index (χ0) is 10.8. The maximum absolute atomic E-state index is 13.2. The number of benzene rings is 1. The van der Waals surface area contributed by atoms with Gasteiger partial charge in [-0.1, -0.05) is 24.9 Å². The molecule has 1 unspecified atom stereocenters. The normalized spacial score (nSPS) is 19.5. The Morgan fingerprint density at radius 1 is 1.53 bits per heavy atom. The smallest absolute Gasteiger partial charge is 0.143 e. The van der Waals surface area contributed by atoms with E-state index in [1.165, 1.54) is 18.9 Å². The van der Waals surface area contributed by atoms with Crippen molar-refractivity contribution in [3.63, 3.8) is 0 Å². The summed E-state index contributed by atoms with van der Waals surface area (Å²) in [5.41, 5.74) is 2.05. The number of fused-ring (bicyclic) bond motifs is 1. The van der Waals surface area contributed by atoms with Gasteiger partial charge in [0.15, 0.2) is 0 Å². The Balaban J connectivity index is 2.22. The Bertz CT molecular complexity index is 365. The molecule has 15 heavy (non-hydrogen) atoms. The van der Waals surface area contributed by atoms with Crippen LogP contribution in [0.15, 0.2) is 12.1 Å². The van der Waals surface area contributed by atoms with Gasteiger partial charge in [0.1, 0.15) is 5.82 Å². The Hall–Kier alpha value is -0.760. The molecule has 1 heterocycles. The highest BCUT2D eigenvalue weighted by atomic mass is 35.5. The monoisotopic (exact) mass is 227 g/mol. The van der Waals surface area contributed by atoms with Gasteiger partial charge < -0.3 is 5.32 Å². The third kappa shape index (κ3) is 2.25. The number of anilines is 1. The molecule has 0 aliphatic carbocycles. The highest BCUT2D eigenvalue weighted by Gasteiger charge is 2.19. The Morgan fingerprint density at radius 2 is 2.33 bits per heavy atom. The van der Waals surface area contributed by atoms with Crippen LogP contribution in [0.25, 0.3) is 0 Å². The molecule has 0 saturated carbocycles. The lowest BCUT2D eigenvalue weighted by atomic mass is 9.91. The van der Waals surface area contributed by atoms with Crippen LogP contribution in [0.5, 0.6) is 0 Å². The van der Waals surface area contributed by atoms with Crippen LogP contribution in [-0.2, 0) is 6.42 Å². The van der Waals surface area contributed by atoms with Gasteiger partial charge in [0, 0.05) is 12.2 Å². The van der Waals surface area contributed by atoms with E-state index in [1.54, 1.807) is 6.07 Å². The number of hydrogen-bond donors (Lipinski definition) is 1. The van der Waals surface area contributed by atoms with Crippen molar-refractivity contribution in [3.8, 4) is 0 Å². The zero-order valence-corrected chi connectivity index (χ0v) is 9.57. The van der Waals surface area contributed by atoms with Gasteiger partial charge in [0.25, 0.3) is 0 Å². The van der Waals surface area contributed by atoms with Gasteiger partial charge in [-0.15, -0.1) is 0 Å². The van der Waals surface area contributed by atoms with Gasteiger partial charge in [0.05, 0.1) is 5.02 Å². The lowest BCUT2D eigenvalue weighted by molar-refractivity contribution is 0.488. The van der Waals surface area contributed by atoms with Crippen molar-refractivity contribution in [2.24, 2.45) is 5.92 Å². The van der Waals surface area contributed by atoms with E-state index >= 15 is 0 Å². The van der Waals surface area contributed by atoms with E-state index in [4.69, 9.17) is 11.6 Å². The number of rotatable bonds is 2. The van der Waals surface area contributed by atoms with E-state index in [0.717, 1.165) is 24.2 Å². The summed E-state index contributed by atoms with van der Waals surface area (Å²) in [6.45, 7) is 3.13. The van der Waals surface area contributed by atoms with Crippen molar-refractivity contribution in [3.05, 3.63) is 28.5 Å². The van der Waals surface area contributed by atoms with Crippen molar-refractivity contribution < 1.29 is 4.39 Å². The predicted octanol–water partition coefficient (Wildman–Crippen LogP) is 3.86. The van der Waals surface area contributed by atoms with E-state index in [-0.39, 0.29) is 10.8 Å². The second kappa shape index (κ2) is 4.40. The standard InChI is InChI=1S/C12H15ClFN/c1-2-3-8-4-9-5-10(13)11(14)6-12(9)15-7-8/h5-6,8,15H,2-4,7H2,1H3. The van der Waals surface area contributed by atoms with Crippen LogP contribution in [-0.4, -0.2) is 6.54 Å². The van der Waals surface area contributed by atoms with Crippen molar-refractivity contribution in [2.75, 3.05) is 11.9 Å². The summed E-state index contributed by atoms with van der Waals surface area (Å²) in [4.78, 5) is 0. The molecule has 0 saturated heterocycles. The average molecular weight is 228 g/mol. The summed E-state index contributed by atoms with van der Waals surface area (Å²) in [5.74, 6) is 0.320. The maximum atomic E-state index is 13.2. The molecule has 1 aliphatic heterocycles. The molecule has 0 amide bonds. The van der Waals surface area contributed by atoms with Crippen molar-refractivity contribution >= 4 is 17.3 Å². The third-order valence-corrected chi connectivity index (χ3v) is 3.22. The number of hydrogen-bond acceptors (Lipinski definition) is 1. The molecule has 82 valence electrons. The van der Waals surface area contributed by atoms with Crippen LogP contribution in [0, 0.1) is 11.7 Å². The molecule has 1 nitrogen and oxygen atoms in total. The Morgan fingerprint density at radius 3 is 3.07 bits per heavy atom. The van der Waals surface area contributed by atoms with Gasteiger partial charge in [0.2, 0.25) is 0 Å². The summed E-state index contributed by atoms with van der Waals surface area (Å²) in [6.07, 6.45) is 3.41. The molecule has 0 fully saturated rings. The fourth-order valence-corrected chi connectivity index (χ4v) is 2.36. The van der Waals surface area contributed by atoms with Crippen molar-refractivity contribution in [1.82, 2.24) is 0 Å². The van der Waals surface area contributed by atoms with Crippen LogP contribution >= 0.6 is 11.6 Å². The quantitative estimate of drug-likeness (QED) is 0.809. The fraction of sp³-hybridized carbons (Fsp3) is 0.500. The minimum atomic E-state index is -0.336. The Kier molecular flexibility index (Phi) is 3.15. The molecule has 1 aromatic rings. The first-order chi connectivity index (χ1) is 7.20. The molecule has 1 aliphatic rings. The zero-order valence-electron chi connectivity index (χ0n) is 8.82. The summed E-state index contributed by atoms with van der Waals surface area (Å²) < 4.78 is 13.2. The van der Waals surface area contributed by atoms with Crippen molar-refractivity contribution in [1.29, 1.82) is 0 Å². The van der Waals surface area contributed by atoms with E-state index in [1.807, 2.05) is 0 Å². The van der Waals surface area contributed by atoms with E-state index in [0.29, 0.717) is 5.92 Å². The van der Waals surface area contributed by atoms with Gasteiger partial charge >= 0.3 is 0 Å². The summed E-state index contributed by atoms with van der Waals surface area (Å²) in [6, 6.07) is 3.25. The molecule has 2 rings (SSSR count). The molecule has 1 aromatic carbocycles. The molecule has 3 heteroatoms. The van der Waals surface area contributed by atoms with Gasteiger partial charge in [-0.3, -0.25) is 0 Å². The van der Waals surface area contributed by atoms with Crippen LogP contribution in [0.4, 0.5) is 10.1 Å². The topological polar surface area (TPSA) is 12.0 Å². The van der Waals surface area contributed by atoms with Crippen LogP contribution < -0.4 is 5.32 Å². The minimum absolute atomic E-state index is 0.229. The first-order valence-corrected chi connectivity index (χ1v) is 5.80. The minimum Gasteiger partial charge on any atom is -0.384 e. The SMILES string of the molecule is CCCC1CNc2cc(F)c(Cl)cc2C1. The molecule has 0 radical (unpaired) electrons. The second-order valence-corrected chi connectivity index (χ2v) is 4.57. The summed E-state index contributed by atoms with van der Waals surface area (Å²) in [7, 11) is 0. The first kappa shape index (κ1) is 10.7. The average Bonchev–Trinajstić information content (AvgIpc) is 2.21. The number of halogens is 2. The van der Waals surface area contributed by atoms with Crippen LogP contribution in [0.1, 0.15) is 25.3 Å². The highest BCUT2D eigenvalue weighted by Crippen LogP contribution is 2.30. The lowest BCUT2D eigenvalue weighted by Crippen LogP contribution is -2.23. The number of nitrogens with one attached hydrogen (secondary N) is 1.